The smallest absolute Gasteiger partial charge is 0.259 e. The maximum Gasteiger partial charge on any atom is 0.259 e. The fraction of sp³-hybridized carbons (Fsp3) is 0. The minimum atomic E-state index is -0.433. The topological polar surface area (TPSA) is 87.3 Å². The molecule has 0 amide bonds. The zero-order chi connectivity index (χ0) is 19.3. The molecule has 0 bridgehead atoms. The Balaban J connectivity index is 1.78. The monoisotopic (exact) mass is 391 g/mol. The minimum absolute atomic E-state index is 0.192. The largest absolute Gasteiger partial charge is 0.338 e. The molecule has 0 aliphatic heterocycles. The second-order valence-corrected chi connectivity index (χ2v) is 6.62. The van der Waals surface area contributed by atoms with Crippen LogP contribution in [-0.4, -0.2) is 24.9 Å². The number of hydrogen-bond donors (Lipinski definition) is 2. The van der Waals surface area contributed by atoms with Crippen LogP contribution in [0.4, 0.5) is 4.39 Å². The summed E-state index contributed by atoms with van der Waals surface area (Å²) < 4.78 is 14.3. The quantitative estimate of drug-likeness (QED) is 0.439. The molecule has 28 heavy (non-hydrogen) atoms. The van der Waals surface area contributed by atoms with Gasteiger partial charge in [0.2, 0.25) is 0 Å². The van der Waals surface area contributed by atoms with Crippen LogP contribution < -0.4 is 5.56 Å². The molecule has 136 valence electrons. The van der Waals surface area contributed by atoms with E-state index in [0.29, 0.717) is 33.6 Å². The number of aromatic nitrogens is 5. The molecule has 1 aromatic carbocycles. The minimum Gasteiger partial charge on any atom is -0.338 e. The first-order valence-corrected chi connectivity index (χ1v) is 8.76. The third-order valence-electron chi connectivity index (χ3n) is 4.47. The molecule has 0 saturated carbocycles. The fourth-order valence-electron chi connectivity index (χ4n) is 3.17. The van der Waals surface area contributed by atoms with Crippen LogP contribution in [-0.2, 0) is 0 Å². The van der Waals surface area contributed by atoms with Gasteiger partial charge in [-0.05, 0) is 24.3 Å². The molecular weight excluding hydrogens is 381 g/mol. The van der Waals surface area contributed by atoms with E-state index in [2.05, 4.69) is 24.9 Å². The molecule has 4 aromatic heterocycles. The third kappa shape index (κ3) is 2.64. The van der Waals surface area contributed by atoms with Gasteiger partial charge in [-0.15, -0.1) is 0 Å². The number of benzene rings is 1. The second kappa shape index (κ2) is 6.24. The van der Waals surface area contributed by atoms with Crippen molar-refractivity contribution in [2.45, 2.75) is 0 Å². The van der Waals surface area contributed by atoms with Crippen molar-refractivity contribution in [3.8, 4) is 22.6 Å². The summed E-state index contributed by atoms with van der Waals surface area (Å²) in [6.07, 6.45) is 3.26. The lowest BCUT2D eigenvalue weighted by Crippen LogP contribution is -2.09. The van der Waals surface area contributed by atoms with Crippen molar-refractivity contribution in [1.82, 2.24) is 24.9 Å². The van der Waals surface area contributed by atoms with Crippen LogP contribution in [0.2, 0.25) is 5.15 Å². The Kier molecular flexibility index (Phi) is 3.70. The molecule has 0 aliphatic rings. The molecule has 8 heteroatoms. The first kappa shape index (κ1) is 16.6. The lowest BCUT2D eigenvalue weighted by Gasteiger charge is -2.03. The van der Waals surface area contributed by atoms with E-state index in [1.807, 2.05) is 0 Å². The van der Waals surface area contributed by atoms with Crippen LogP contribution in [0, 0.1) is 5.82 Å². The summed E-state index contributed by atoms with van der Waals surface area (Å²) in [5.41, 5.74) is 2.29. The van der Waals surface area contributed by atoms with E-state index < -0.39 is 5.82 Å². The van der Waals surface area contributed by atoms with Gasteiger partial charge in [0.15, 0.2) is 0 Å². The predicted molar refractivity (Wildman–Crippen MR) is 106 cm³/mol. The predicted octanol–water partition coefficient (Wildman–Crippen LogP) is 4.32. The number of nitrogens with zero attached hydrogens (tertiary/aromatic N) is 3. The third-order valence-corrected chi connectivity index (χ3v) is 4.66. The lowest BCUT2D eigenvalue weighted by atomic mass is 10.1. The summed E-state index contributed by atoms with van der Waals surface area (Å²) >= 11 is 6.13. The van der Waals surface area contributed by atoms with E-state index in [4.69, 9.17) is 11.6 Å². The number of H-pyrrole nitrogens is 2. The van der Waals surface area contributed by atoms with E-state index in [-0.39, 0.29) is 16.3 Å². The van der Waals surface area contributed by atoms with E-state index in [1.165, 1.54) is 6.07 Å². The van der Waals surface area contributed by atoms with Crippen LogP contribution in [0.15, 0.2) is 59.7 Å². The Bertz CT molecular complexity index is 1430. The van der Waals surface area contributed by atoms with E-state index in [0.717, 1.165) is 5.39 Å². The molecule has 0 unspecified atom stereocenters. The zero-order valence-corrected chi connectivity index (χ0v) is 15.0. The Morgan fingerprint density at radius 1 is 0.964 bits per heavy atom. The first-order chi connectivity index (χ1) is 13.6. The van der Waals surface area contributed by atoms with Crippen molar-refractivity contribution in [3.05, 3.63) is 76.2 Å². The number of halogens is 2. The summed E-state index contributed by atoms with van der Waals surface area (Å²) in [4.78, 5) is 31.3. The fourth-order valence-corrected chi connectivity index (χ4v) is 3.37. The molecule has 0 atom stereocenters. The average Bonchev–Trinajstić information content (AvgIpc) is 3.11. The van der Waals surface area contributed by atoms with Crippen molar-refractivity contribution >= 4 is 33.5 Å². The Morgan fingerprint density at radius 2 is 1.82 bits per heavy atom. The van der Waals surface area contributed by atoms with Crippen LogP contribution >= 0.6 is 11.6 Å². The molecule has 6 nitrogen and oxygen atoms in total. The van der Waals surface area contributed by atoms with Crippen molar-refractivity contribution in [2.24, 2.45) is 0 Å². The molecule has 0 aliphatic carbocycles. The molecule has 0 fully saturated rings. The number of hydrogen-bond acceptors (Lipinski definition) is 4. The van der Waals surface area contributed by atoms with Gasteiger partial charge in [0.05, 0.1) is 16.6 Å². The van der Waals surface area contributed by atoms with Crippen LogP contribution in [0.25, 0.3) is 44.6 Å². The molecule has 5 aromatic rings. The number of nitrogens with one attached hydrogen (secondary N) is 2. The van der Waals surface area contributed by atoms with E-state index in [1.54, 1.807) is 48.8 Å². The molecule has 0 radical (unpaired) electrons. The summed E-state index contributed by atoms with van der Waals surface area (Å²) in [5, 5.41) is 0.959. The standard InChI is InChI=1S/C20H11ClFN5O/c21-16-8-15-18(17(26-16)11-3-1-2-4-13(11)22)27-19(24-15)12-7-10-9-23-6-5-14(10)25-20(12)28/h1-9H,(H,24,27)(H,25,28). The van der Waals surface area contributed by atoms with Crippen LogP contribution in [0.3, 0.4) is 0 Å². The SMILES string of the molecule is O=c1[nH]c2ccncc2cc1-c1nc2c(-c3ccccc3F)nc(Cl)cc2[nH]1. The summed E-state index contributed by atoms with van der Waals surface area (Å²) in [6, 6.07) is 11.3. The number of rotatable bonds is 2. The molecular formula is C20H11ClFN5O. The Labute approximate surface area is 162 Å². The van der Waals surface area contributed by atoms with Crippen molar-refractivity contribution in [3.63, 3.8) is 0 Å². The number of fused-ring (bicyclic) bond motifs is 2. The number of imidazole rings is 1. The van der Waals surface area contributed by atoms with Gasteiger partial charge in [-0.1, -0.05) is 23.7 Å². The van der Waals surface area contributed by atoms with Crippen molar-refractivity contribution in [1.29, 1.82) is 0 Å². The van der Waals surface area contributed by atoms with Gasteiger partial charge in [-0.2, -0.15) is 0 Å². The van der Waals surface area contributed by atoms with Crippen molar-refractivity contribution < 1.29 is 4.39 Å². The number of pyridine rings is 3. The summed E-state index contributed by atoms with van der Waals surface area (Å²) in [5.74, 6) is -0.0959. The molecule has 0 spiro atoms. The van der Waals surface area contributed by atoms with Gasteiger partial charge in [0, 0.05) is 29.4 Å². The van der Waals surface area contributed by atoms with Gasteiger partial charge in [0.1, 0.15) is 28.0 Å². The van der Waals surface area contributed by atoms with Gasteiger partial charge in [0.25, 0.3) is 5.56 Å². The molecule has 5 rings (SSSR count). The molecule has 2 N–H and O–H groups in total. The maximum atomic E-state index is 14.3. The van der Waals surface area contributed by atoms with Gasteiger partial charge < -0.3 is 9.97 Å². The van der Waals surface area contributed by atoms with Gasteiger partial charge in [-0.3, -0.25) is 9.78 Å². The van der Waals surface area contributed by atoms with Crippen molar-refractivity contribution in [2.75, 3.05) is 0 Å². The Hall–Kier alpha value is -3.58. The van der Waals surface area contributed by atoms with Crippen LogP contribution in [0.5, 0.6) is 0 Å². The normalized spacial score (nSPS) is 11.4. The van der Waals surface area contributed by atoms with E-state index in [9.17, 15) is 9.18 Å². The average molecular weight is 392 g/mol. The highest BCUT2D eigenvalue weighted by Gasteiger charge is 2.17. The first-order valence-electron chi connectivity index (χ1n) is 8.39. The van der Waals surface area contributed by atoms with Gasteiger partial charge in [-0.25, -0.2) is 14.4 Å². The lowest BCUT2D eigenvalue weighted by molar-refractivity contribution is 0.631. The van der Waals surface area contributed by atoms with Crippen LogP contribution in [0.1, 0.15) is 0 Å². The Morgan fingerprint density at radius 3 is 2.68 bits per heavy atom. The van der Waals surface area contributed by atoms with Gasteiger partial charge >= 0.3 is 0 Å². The highest BCUT2D eigenvalue weighted by molar-refractivity contribution is 6.30. The summed E-state index contributed by atoms with van der Waals surface area (Å²) in [6.45, 7) is 0. The van der Waals surface area contributed by atoms with E-state index >= 15 is 0 Å². The zero-order valence-electron chi connectivity index (χ0n) is 14.2. The maximum absolute atomic E-state index is 14.3. The highest BCUT2D eigenvalue weighted by Crippen LogP contribution is 2.31. The highest BCUT2D eigenvalue weighted by atomic mass is 35.5. The number of aromatic amines is 2. The molecule has 4 heterocycles. The molecule has 0 saturated heterocycles. The summed E-state index contributed by atoms with van der Waals surface area (Å²) in [7, 11) is 0. The second-order valence-electron chi connectivity index (χ2n) is 6.23.